The van der Waals surface area contributed by atoms with Gasteiger partial charge in [-0.15, -0.1) is 0 Å². The molecule has 4 aromatic rings. The van der Waals surface area contributed by atoms with Crippen molar-refractivity contribution in [3.63, 3.8) is 0 Å². The molecule has 0 fully saturated rings. The standard InChI is InChI=1S/C31H23F9N2O2/c32-22-10-11-25(26(15-22)30(36,37)38)27(43)42-29(16-18-4-2-1-3-5-18,20-8-6-19(17-41)7-9-20)21-12-23(33)14-24(13-21)44-31(39,40)28(34)35/h1-15,28H,16-17,41H2,(H,42,43). The van der Waals surface area contributed by atoms with Crippen molar-refractivity contribution < 1.29 is 49.0 Å². The summed E-state index contributed by atoms with van der Waals surface area (Å²) in [6.45, 7) is 0.0729. The number of rotatable bonds is 10. The number of carbonyl (C=O) groups is 1. The second-order valence-corrected chi connectivity index (χ2v) is 9.75. The molecular formula is C31H23F9N2O2. The van der Waals surface area contributed by atoms with Crippen LogP contribution in [0.3, 0.4) is 0 Å². The van der Waals surface area contributed by atoms with E-state index in [9.17, 15) is 39.9 Å². The Kier molecular flexibility index (Phi) is 9.28. The van der Waals surface area contributed by atoms with Crippen LogP contribution < -0.4 is 15.8 Å². The molecule has 0 heterocycles. The van der Waals surface area contributed by atoms with Gasteiger partial charge >= 0.3 is 18.7 Å². The van der Waals surface area contributed by atoms with Gasteiger partial charge in [-0.25, -0.2) is 8.78 Å². The molecule has 0 aliphatic carbocycles. The van der Waals surface area contributed by atoms with E-state index < -0.39 is 58.7 Å². The van der Waals surface area contributed by atoms with Gasteiger partial charge in [-0.05, 0) is 52.6 Å². The van der Waals surface area contributed by atoms with Crippen molar-refractivity contribution in [2.45, 2.75) is 37.2 Å². The summed E-state index contributed by atoms with van der Waals surface area (Å²) < 4.78 is 128. The van der Waals surface area contributed by atoms with Crippen LogP contribution in [0.15, 0.2) is 91.0 Å². The van der Waals surface area contributed by atoms with Crippen molar-refractivity contribution in [2.24, 2.45) is 5.73 Å². The van der Waals surface area contributed by atoms with Crippen molar-refractivity contribution in [3.05, 3.63) is 136 Å². The van der Waals surface area contributed by atoms with Gasteiger partial charge in [-0.2, -0.15) is 30.7 Å². The van der Waals surface area contributed by atoms with Crippen LogP contribution in [-0.4, -0.2) is 18.4 Å². The molecule has 0 bridgehead atoms. The Bertz CT molecular complexity index is 1610. The molecule has 4 rings (SSSR count). The Hall–Kier alpha value is -4.52. The fourth-order valence-corrected chi connectivity index (χ4v) is 4.67. The lowest BCUT2D eigenvalue weighted by Crippen LogP contribution is -2.49. The van der Waals surface area contributed by atoms with Crippen LogP contribution >= 0.6 is 0 Å². The average Bonchev–Trinajstić information content (AvgIpc) is 2.96. The molecule has 0 aliphatic heterocycles. The van der Waals surface area contributed by atoms with Crippen molar-refractivity contribution in [1.82, 2.24) is 5.32 Å². The Labute approximate surface area is 245 Å². The SMILES string of the molecule is NCc1ccc(C(Cc2ccccc2)(NC(=O)c2ccc(F)cc2C(F)(F)F)c2cc(F)cc(OC(F)(F)C(F)F)c2)cc1. The van der Waals surface area contributed by atoms with Crippen LogP contribution in [0.2, 0.25) is 0 Å². The van der Waals surface area contributed by atoms with Crippen LogP contribution in [0.5, 0.6) is 5.75 Å². The highest BCUT2D eigenvalue weighted by molar-refractivity contribution is 5.97. The lowest BCUT2D eigenvalue weighted by molar-refractivity contribution is -0.253. The Morgan fingerprint density at radius 3 is 2.02 bits per heavy atom. The first kappa shape index (κ1) is 32.4. The summed E-state index contributed by atoms with van der Waals surface area (Å²) in [5, 5.41) is 2.49. The maximum absolute atomic E-state index is 15.0. The third kappa shape index (κ3) is 7.16. The normalized spacial score (nSPS) is 13.4. The molecule has 232 valence electrons. The minimum absolute atomic E-state index is 0.0729. The molecule has 0 saturated carbocycles. The molecule has 44 heavy (non-hydrogen) atoms. The van der Waals surface area contributed by atoms with Crippen LogP contribution in [0, 0.1) is 11.6 Å². The quantitative estimate of drug-likeness (QED) is 0.178. The number of ether oxygens (including phenoxy) is 1. The molecule has 3 N–H and O–H groups in total. The fraction of sp³-hybridized carbons (Fsp3) is 0.194. The number of carbonyl (C=O) groups excluding carboxylic acids is 1. The van der Waals surface area contributed by atoms with Gasteiger partial charge in [0, 0.05) is 19.0 Å². The zero-order valence-corrected chi connectivity index (χ0v) is 22.4. The molecule has 1 amide bonds. The number of halogens is 9. The van der Waals surface area contributed by atoms with Crippen LogP contribution in [0.1, 0.15) is 38.2 Å². The summed E-state index contributed by atoms with van der Waals surface area (Å²) in [6, 6.07) is 17.3. The highest BCUT2D eigenvalue weighted by Crippen LogP contribution is 2.39. The Morgan fingerprint density at radius 1 is 0.773 bits per heavy atom. The average molecular weight is 627 g/mol. The number of hydrogen-bond donors (Lipinski definition) is 2. The van der Waals surface area contributed by atoms with Gasteiger partial charge in [0.05, 0.1) is 16.7 Å². The number of nitrogens with one attached hydrogen (secondary N) is 1. The van der Waals surface area contributed by atoms with Crippen molar-refractivity contribution in [3.8, 4) is 5.75 Å². The van der Waals surface area contributed by atoms with E-state index in [0.29, 0.717) is 29.3 Å². The largest absolute Gasteiger partial charge is 0.461 e. The first-order valence-corrected chi connectivity index (χ1v) is 12.8. The maximum atomic E-state index is 15.0. The zero-order chi connectivity index (χ0) is 32.3. The van der Waals surface area contributed by atoms with E-state index in [2.05, 4.69) is 10.1 Å². The van der Waals surface area contributed by atoms with E-state index in [-0.39, 0.29) is 30.2 Å². The van der Waals surface area contributed by atoms with Crippen LogP contribution in [0.4, 0.5) is 39.5 Å². The van der Waals surface area contributed by atoms with E-state index in [1.54, 1.807) is 30.3 Å². The van der Waals surface area contributed by atoms with Gasteiger partial charge < -0.3 is 15.8 Å². The second kappa shape index (κ2) is 12.6. The molecule has 1 unspecified atom stereocenters. The number of hydrogen-bond acceptors (Lipinski definition) is 3. The molecule has 0 radical (unpaired) electrons. The third-order valence-electron chi connectivity index (χ3n) is 6.73. The molecule has 13 heteroatoms. The van der Waals surface area contributed by atoms with Crippen LogP contribution in [-0.2, 0) is 24.7 Å². The van der Waals surface area contributed by atoms with Gasteiger partial charge in [0.1, 0.15) is 17.4 Å². The Balaban J connectivity index is 1.99. The summed E-state index contributed by atoms with van der Waals surface area (Å²) in [6.07, 6.45) is -14.8. The number of alkyl halides is 7. The highest BCUT2D eigenvalue weighted by atomic mass is 19.4. The van der Waals surface area contributed by atoms with Gasteiger partial charge in [0.25, 0.3) is 5.91 Å². The van der Waals surface area contributed by atoms with Gasteiger partial charge in [0.15, 0.2) is 0 Å². The van der Waals surface area contributed by atoms with Crippen molar-refractivity contribution in [1.29, 1.82) is 0 Å². The summed E-state index contributed by atoms with van der Waals surface area (Å²) in [5.74, 6) is -4.95. The van der Waals surface area contributed by atoms with Crippen molar-refractivity contribution >= 4 is 5.91 Å². The van der Waals surface area contributed by atoms with E-state index >= 15 is 4.39 Å². The summed E-state index contributed by atoms with van der Waals surface area (Å²) in [4.78, 5) is 13.7. The van der Waals surface area contributed by atoms with Crippen molar-refractivity contribution in [2.75, 3.05) is 0 Å². The maximum Gasteiger partial charge on any atom is 0.461 e. The minimum Gasteiger partial charge on any atom is -0.428 e. The highest BCUT2D eigenvalue weighted by Gasteiger charge is 2.45. The fourth-order valence-electron chi connectivity index (χ4n) is 4.67. The predicted octanol–water partition coefficient (Wildman–Crippen LogP) is 7.60. The van der Waals surface area contributed by atoms with Gasteiger partial charge in [-0.3, -0.25) is 4.79 Å². The predicted molar refractivity (Wildman–Crippen MR) is 142 cm³/mol. The monoisotopic (exact) mass is 626 g/mol. The minimum atomic E-state index is -5.17. The van der Waals surface area contributed by atoms with E-state index in [1.165, 1.54) is 24.3 Å². The first-order valence-electron chi connectivity index (χ1n) is 12.8. The van der Waals surface area contributed by atoms with Gasteiger partial charge in [0.2, 0.25) is 0 Å². The molecular weight excluding hydrogens is 603 g/mol. The third-order valence-corrected chi connectivity index (χ3v) is 6.73. The lowest BCUT2D eigenvalue weighted by Gasteiger charge is -2.37. The molecule has 1 atom stereocenters. The molecule has 0 spiro atoms. The molecule has 4 aromatic carbocycles. The zero-order valence-electron chi connectivity index (χ0n) is 22.4. The van der Waals surface area contributed by atoms with E-state index in [1.807, 2.05) is 0 Å². The van der Waals surface area contributed by atoms with Gasteiger partial charge in [-0.1, -0.05) is 54.6 Å². The molecule has 4 nitrogen and oxygen atoms in total. The summed E-state index contributed by atoms with van der Waals surface area (Å²) in [7, 11) is 0. The van der Waals surface area contributed by atoms with E-state index in [4.69, 9.17) is 5.73 Å². The molecule has 0 saturated heterocycles. The topological polar surface area (TPSA) is 64.3 Å². The smallest absolute Gasteiger partial charge is 0.428 e. The number of benzene rings is 4. The first-order chi connectivity index (χ1) is 20.6. The Morgan fingerprint density at radius 2 is 1.43 bits per heavy atom. The molecule has 0 aromatic heterocycles. The number of nitrogens with two attached hydrogens (primary N) is 1. The summed E-state index contributed by atoms with van der Waals surface area (Å²) >= 11 is 0. The number of amides is 1. The lowest BCUT2D eigenvalue weighted by atomic mass is 9.77. The summed E-state index contributed by atoms with van der Waals surface area (Å²) in [5.41, 5.74) is 1.86. The second-order valence-electron chi connectivity index (χ2n) is 9.75. The van der Waals surface area contributed by atoms with E-state index in [0.717, 1.165) is 12.1 Å². The molecule has 0 aliphatic rings. The van der Waals surface area contributed by atoms with Crippen LogP contribution in [0.25, 0.3) is 0 Å².